The average molecular weight is 316 g/mol. The first-order valence-corrected chi connectivity index (χ1v) is 8.33. The van der Waals surface area contributed by atoms with Crippen molar-refractivity contribution in [2.24, 2.45) is 0 Å². The maximum Gasteiger partial charge on any atom is 0.228 e. The van der Waals surface area contributed by atoms with E-state index in [9.17, 15) is 4.79 Å². The minimum Gasteiger partial charge on any atom is -0.372 e. The van der Waals surface area contributed by atoms with Crippen molar-refractivity contribution < 1.29 is 4.79 Å². The molecule has 0 unspecified atom stereocenters. The Kier molecular flexibility index (Phi) is 4.38. The van der Waals surface area contributed by atoms with Crippen LogP contribution >= 0.6 is 11.3 Å². The smallest absolute Gasteiger partial charge is 0.228 e. The van der Waals surface area contributed by atoms with E-state index in [-0.39, 0.29) is 11.9 Å². The summed E-state index contributed by atoms with van der Waals surface area (Å²) in [4.78, 5) is 25.7. The van der Waals surface area contributed by atoms with Crippen LogP contribution < -0.4 is 5.32 Å². The Morgan fingerprint density at radius 3 is 3.05 bits per heavy atom. The number of hydrogen-bond donors (Lipinski definition) is 1. The van der Waals surface area contributed by atoms with Crippen molar-refractivity contribution >= 4 is 23.1 Å². The zero-order chi connectivity index (χ0) is 15.5. The minimum atomic E-state index is 0.0503. The molecule has 116 valence electrons. The van der Waals surface area contributed by atoms with Gasteiger partial charge in [0.2, 0.25) is 5.91 Å². The fourth-order valence-corrected chi connectivity index (χ4v) is 3.75. The van der Waals surface area contributed by atoms with Crippen LogP contribution in [-0.2, 0) is 11.2 Å². The highest BCUT2D eigenvalue weighted by atomic mass is 32.1. The molecule has 0 bridgehead atoms. The fraction of sp³-hybridized carbons (Fsp3) is 0.438. The number of amides is 1. The number of carbonyl (C=O) groups excluding carboxylic acids is 1. The van der Waals surface area contributed by atoms with Gasteiger partial charge in [0.05, 0.1) is 30.6 Å². The molecule has 22 heavy (non-hydrogen) atoms. The predicted molar refractivity (Wildman–Crippen MR) is 88.0 cm³/mol. The average Bonchev–Trinajstić information content (AvgIpc) is 3.16. The maximum absolute atomic E-state index is 12.6. The van der Waals surface area contributed by atoms with E-state index >= 15 is 0 Å². The van der Waals surface area contributed by atoms with Crippen LogP contribution in [0.4, 0.5) is 5.82 Å². The molecule has 6 heteroatoms. The van der Waals surface area contributed by atoms with Gasteiger partial charge in [0.25, 0.3) is 0 Å². The fourth-order valence-electron chi connectivity index (χ4n) is 2.87. The van der Waals surface area contributed by atoms with Crippen molar-refractivity contribution in [3.63, 3.8) is 0 Å². The Balaban J connectivity index is 1.75. The van der Waals surface area contributed by atoms with Gasteiger partial charge in [-0.3, -0.25) is 9.78 Å². The molecule has 1 atom stereocenters. The molecular formula is C16H20N4OS. The van der Waals surface area contributed by atoms with Crippen molar-refractivity contribution in [2.75, 3.05) is 18.9 Å². The molecule has 0 spiro atoms. The van der Waals surface area contributed by atoms with Gasteiger partial charge in [-0.25, -0.2) is 4.98 Å². The largest absolute Gasteiger partial charge is 0.372 e. The lowest BCUT2D eigenvalue weighted by Crippen LogP contribution is -2.32. The maximum atomic E-state index is 12.6. The molecule has 3 rings (SSSR count). The van der Waals surface area contributed by atoms with Gasteiger partial charge in [0, 0.05) is 23.3 Å². The Bertz CT molecular complexity index is 670. The summed E-state index contributed by atoms with van der Waals surface area (Å²) >= 11 is 1.69. The molecule has 0 aromatic carbocycles. The lowest BCUT2D eigenvalue weighted by molar-refractivity contribution is -0.131. The summed E-state index contributed by atoms with van der Waals surface area (Å²) in [5, 5.41) is 3.00. The van der Waals surface area contributed by atoms with Crippen molar-refractivity contribution in [3.05, 3.63) is 40.0 Å². The number of nitrogens with one attached hydrogen (secondary N) is 1. The first kappa shape index (κ1) is 15.0. The van der Waals surface area contributed by atoms with Gasteiger partial charge in [-0.15, -0.1) is 11.3 Å². The molecule has 1 N–H and O–H groups in total. The third-order valence-electron chi connectivity index (χ3n) is 3.95. The molecule has 1 aliphatic heterocycles. The normalized spacial score (nSPS) is 17.7. The molecule has 1 fully saturated rings. The monoisotopic (exact) mass is 316 g/mol. The Morgan fingerprint density at radius 2 is 2.32 bits per heavy atom. The number of nitrogens with zero attached hydrogens (tertiary/aromatic N) is 3. The summed E-state index contributed by atoms with van der Waals surface area (Å²) in [6.45, 7) is 2.87. The number of likely N-dealkylation sites (tertiary alicyclic amines) is 1. The number of anilines is 1. The summed E-state index contributed by atoms with van der Waals surface area (Å²) in [6.07, 6.45) is 5.92. The highest BCUT2D eigenvalue weighted by Crippen LogP contribution is 2.31. The number of carbonyl (C=O) groups is 1. The molecule has 0 saturated carbocycles. The van der Waals surface area contributed by atoms with Gasteiger partial charge in [-0.1, -0.05) is 0 Å². The van der Waals surface area contributed by atoms with Crippen LogP contribution in [0.25, 0.3) is 0 Å². The molecule has 5 nitrogen and oxygen atoms in total. The molecule has 3 heterocycles. The summed E-state index contributed by atoms with van der Waals surface area (Å²) < 4.78 is 0. The summed E-state index contributed by atoms with van der Waals surface area (Å²) in [5.41, 5.74) is 0.875. The van der Waals surface area contributed by atoms with Crippen LogP contribution in [0.15, 0.2) is 24.5 Å². The first-order valence-electron chi connectivity index (χ1n) is 7.52. The van der Waals surface area contributed by atoms with Gasteiger partial charge in [0.1, 0.15) is 5.82 Å². The molecular weight excluding hydrogens is 296 g/mol. The van der Waals surface area contributed by atoms with Gasteiger partial charge < -0.3 is 10.2 Å². The second-order valence-electron chi connectivity index (χ2n) is 5.51. The summed E-state index contributed by atoms with van der Waals surface area (Å²) in [5.74, 6) is 0.923. The van der Waals surface area contributed by atoms with E-state index in [1.165, 1.54) is 4.88 Å². The lowest BCUT2D eigenvalue weighted by Gasteiger charge is -2.24. The number of thiophene rings is 1. The van der Waals surface area contributed by atoms with Gasteiger partial charge in [-0.05, 0) is 31.9 Å². The molecule has 1 amide bonds. The van der Waals surface area contributed by atoms with E-state index in [1.807, 2.05) is 18.0 Å². The van der Waals surface area contributed by atoms with Crippen molar-refractivity contribution in [3.8, 4) is 0 Å². The Morgan fingerprint density at radius 1 is 1.45 bits per heavy atom. The standard InChI is InChI=1S/C16H20N4OS/c1-11-5-6-12(22-11)8-16(21)20-7-3-4-14(20)13-9-18-10-15(17-2)19-13/h5-6,9-10,14H,3-4,7-8H2,1-2H3,(H,17,19)/t14-/m0/s1. The number of aryl methyl sites for hydroxylation is 1. The Labute approximate surface area is 134 Å². The molecule has 1 aliphatic rings. The van der Waals surface area contributed by atoms with E-state index in [0.29, 0.717) is 6.42 Å². The summed E-state index contributed by atoms with van der Waals surface area (Å²) in [7, 11) is 1.82. The first-order chi connectivity index (χ1) is 10.7. The zero-order valence-electron chi connectivity index (χ0n) is 12.9. The van der Waals surface area contributed by atoms with Crippen molar-refractivity contribution in [1.82, 2.24) is 14.9 Å². The van der Waals surface area contributed by atoms with E-state index in [0.717, 1.165) is 35.8 Å². The number of rotatable bonds is 4. The third-order valence-corrected chi connectivity index (χ3v) is 4.95. The van der Waals surface area contributed by atoms with E-state index in [2.05, 4.69) is 28.3 Å². The van der Waals surface area contributed by atoms with Crippen LogP contribution in [0.1, 0.15) is 34.3 Å². The Hall–Kier alpha value is -1.95. The van der Waals surface area contributed by atoms with Crippen LogP contribution in [0, 0.1) is 6.92 Å². The molecule has 0 radical (unpaired) electrons. The zero-order valence-corrected chi connectivity index (χ0v) is 13.7. The van der Waals surface area contributed by atoms with E-state index < -0.39 is 0 Å². The molecule has 1 saturated heterocycles. The SMILES string of the molecule is CNc1cncc([C@@H]2CCCN2C(=O)Cc2ccc(C)s2)n1. The lowest BCUT2D eigenvalue weighted by atomic mass is 10.1. The third kappa shape index (κ3) is 3.11. The van der Waals surface area contributed by atoms with Gasteiger partial charge in [0.15, 0.2) is 0 Å². The van der Waals surface area contributed by atoms with Crippen LogP contribution in [-0.4, -0.2) is 34.4 Å². The highest BCUT2D eigenvalue weighted by Gasteiger charge is 2.31. The van der Waals surface area contributed by atoms with Crippen molar-refractivity contribution in [2.45, 2.75) is 32.2 Å². The number of hydrogen-bond acceptors (Lipinski definition) is 5. The predicted octanol–water partition coefficient (Wildman–Crippen LogP) is 2.79. The van der Waals surface area contributed by atoms with Crippen molar-refractivity contribution in [1.29, 1.82) is 0 Å². The topological polar surface area (TPSA) is 58.1 Å². The van der Waals surface area contributed by atoms with Crippen LogP contribution in [0.3, 0.4) is 0 Å². The van der Waals surface area contributed by atoms with E-state index in [4.69, 9.17) is 0 Å². The van der Waals surface area contributed by atoms with Gasteiger partial charge >= 0.3 is 0 Å². The molecule has 2 aromatic rings. The van der Waals surface area contributed by atoms with Gasteiger partial charge in [-0.2, -0.15) is 0 Å². The highest BCUT2D eigenvalue weighted by molar-refractivity contribution is 7.12. The van der Waals surface area contributed by atoms with Crippen LogP contribution in [0.5, 0.6) is 0 Å². The molecule has 0 aliphatic carbocycles. The second kappa shape index (κ2) is 6.44. The summed E-state index contributed by atoms with van der Waals surface area (Å²) in [6, 6.07) is 4.16. The second-order valence-corrected chi connectivity index (χ2v) is 6.89. The molecule has 2 aromatic heterocycles. The minimum absolute atomic E-state index is 0.0503. The van der Waals surface area contributed by atoms with Crippen LogP contribution in [0.2, 0.25) is 0 Å². The van der Waals surface area contributed by atoms with E-state index in [1.54, 1.807) is 23.7 Å². The quantitative estimate of drug-likeness (QED) is 0.942. The number of aromatic nitrogens is 2.